The van der Waals surface area contributed by atoms with Gasteiger partial charge < -0.3 is 10.2 Å². The average Bonchev–Trinajstić information content (AvgIpc) is 2.55. The van der Waals surface area contributed by atoms with E-state index < -0.39 is 0 Å². The van der Waals surface area contributed by atoms with E-state index in [2.05, 4.69) is 36.4 Å². The van der Waals surface area contributed by atoms with Crippen LogP contribution >= 0.6 is 15.9 Å². The molecule has 2 aromatic carbocycles. The molecule has 0 aliphatic heterocycles. The monoisotopic (exact) mass is 355 g/mol. The van der Waals surface area contributed by atoms with Crippen molar-refractivity contribution >= 4 is 39.1 Å². The van der Waals surface area contributed by atoms with Crippen molar-refractivity contribution in [3.05, 3.63) is 65.3 Å². The van der Waals surface area contributed by atoms with Gasteiger partial charge in [-0.2, -0.15) is 10.1 Å². The second-order valence-corrected chi connectivity index (χ2v) is 5.59. The maximum Gasteiger partial charge on any atom is 0.251 e. The van der Waals surface area contributed by atoms with Gasteiger partial charge in [0.15, 0.2) is 5.82 Å². The summed E-state index contributed by atoms with van der Waals surface area (Å²) < 4.78 is 1.00. The third-order valence-corrected chi connectivity index (χ3v) is 3.58. The molecule has 6 heteroatoms. The molecule has 0 amide bonds. The van der Waals surface area contributed by atoms with Crippen LogP contribution in [0.15, 0.2) is 65.3 Å². The highest BCUT2D eigenvalue weighted by Gasteiger charge is 2.08. The number of halogens is 1. The summed E-state index contributed by atoms with van der Waals surface area (Å²) >= 11 is 3.45. The second kappa shape index (κ2) is 6.53. The molecule has 1 aromatic heterocycles. The van der Waals surface area contributed by atoms with Crippen LogP contribution in [0.4, 0.5) is 23.1 Å². The standard InChI is InChI=1S/C16H14BrN5/c1-22(14-8-3-2-4-9-14)16-20-15(11-18-21-16)19-13-7-5-6-12(17)10-13/h2-11H,1H3,(H,19,20,21). The molecule has 1 N–H and O–H groups in total. The predicted octanol–water partition coefficient (Wildman–Crippen LogP) is 4.15. The van der Waals surface area contributed by atoms with E-state index in [0.29, 0.717) is 11.8 Å². The van der Waals surface area contributed by atoms with Crippen LogP contribution < -0.4 is 10.2 Å². The van der Waals surface area contributed by atoms with Gasteiger partial charge in [0, 0.05) is 22.9 Å². The first-order chi connectivity index (χ1) is 10.7. The first-order valence-corrected chi connectivity index (χ1v) is 7.53. The molecule has 3 aromatic rings. The van der Waals surface area contributed by atoms with Crippen molar-refractivity contribution < 1.29 is 0 Å². The summed E-state index contributed by atoms with van der Waals surface area (Å²) in [5.41, 5.74) is 1.94. The van der Waals surface area contributed by atoms with Crippen LogP contribution in [0.1, 0.15) is 0 Å². The van der Waals surface area contributed by atoms with E-state index >= 15 is 0 Å². The number of nitrogens with one attached hydrogen (secondary N) is 1. The quantitative estimate of drug-likeness (QED) is 0.761. The van der Waals surface area contributed by atoms with Gasteiger partial charge in [0.25, 0.3) is 5.95 Å². The van der Waals surface area contributed by atoms with Gasteiger partial charge in [-0.1, -0.05) is 40.2 Å². The largest absolute Gasteiger partial charge is 0.339 e. The molecule has 0 saturated heterocycles. The fourth-order valence-corrected chi connectivity index (χ4v) is 2.38. The molecular weight excluding hydrogens is 342 g/mol. The van der Waals surface area contributed by atoms with Crippen molar-refractivity contribution in [3.63, 3.8) is 0 Å². The van der Waals surface area contributed by atoms with Gasteiger partial charge in [-0.05, 0) is 30.3 Å². The predicted molar refractivity (Wildman–Crippen MR) is 91.8 cm³/mol. The van der Waals surface area contributed by atoms with E-state index in [1.807, 2.05) is 66.5 Å². The molecular formula is C16H14BrN5. The van der Waals surface area contributed by atoms with Crippen molar-refractivity contribution in [2.24, 2.45) is 0 Å². The summed E-state index contributed by atoms with van der Waals surface area (Å²) in [6.07, 6.45) is 1.60. The van der Waals surface area contributed by atoms with E-state index in [9.17, 15) is 0 Å². The molecule has 0 fully saturated rings. The number of aromatic nitrogens is 3. The van der Waals surface area contributed by atoms with E-state index in [-0.39, 0.29) is 0 Å². The topological polar surface area (TPSA) is 53.9 Å². The highest BCUT2D eigenvalue weighted by molar-refractivity contribution is 9.10. The zero-order valence-electron chi connectivity index (χ0n) is 11.9. The van der Waals surface area contributed by atoms with Crippen LogP contribution in [0.3, 0.4) is 0 Å². The molecule has 110 valence electrons. The van der Waals surface area contributed by atoms with Gasteiger partial charge in [-0.25, -0.2) is 0 Å². The third-order valence-electron chi connectivity index (χ3n) is 3.09. The first-order valence-electron chi connectivity index (χ1n) is 6.73. The minimum atomic E-state index is 0.534. The van der Waals surface area contributed by atoms with Crippen LogP contribution in [-0.2, 0) is 0 Å². The molecule has 0 unspecified atom stereocenters. The summed E-state index contributed by atoms with van der Waals surface area (Å²) in [7, 11) is 1.91. The third kappa shape index (κ3) is 3.40. The average molecular weight is 356 g/mol. The van der Waals surface area contributed by atoms with Crippen LogP contribution in [0.25, 0.3) is 0 Å². The molecule has 0 radical (unpaired) electrons. The Hall–Kier alpha value is -2.47. The van der Waals surface area contributed by atoms with Crippen molar-refractivity contribution in [1.29, 1.82) is 0 Å². The Morgan fingerprint density at radius 1 is 1.05 bits per heavy atom. The van der Waals surface area contributed by atoms with Gasteiger partial charge in [-0.15, -0.1) is 5.10 Å². The number of para-hydroxylation sites is 1. The molecule has 3 rings (SSSR count). The highest BCUT2D eigenvalue weighted by atomic mass is 79.9. The van der Waals surface area contributed by atoms with Gasteiger partial charge >= 0.3 is 0 Å². The number of anilines is 4. The zero-order chi connectivity index (χ0) is 15.4. The summed E-state index contributed by atoms with van der Waals surface area (Å²) in [6.45, 7) is 0. The minimum absolute atomic E-state index is 0.534. The fourth-order valence-electron chi connectivity index (χ4n) is 1.98. The summed E-state index contributed by atoms with van der Waals surface area (Å²) in [6, 6.07) is 17.8. The lowest BCUT2D eigenvalue weighted by Crippen LogP contribution is -2.14. The van der Waals surface area contributed by atoms with Crippen LogP contribution in [0.2, 0.25) is 0 Å². The molecule has 0 spiro atoms. The summed E-state index contributed by atoms with van der Waals surface area (Å²) in [5, 5.41) is 11.3. The fraction of sp³-hybridized carbons (Fsp3) is 0.0625. The SMILES string of the molecule is CN(c1ccccc1)c1nncc(Nc2cccc(Br)c2)n1. The number of benzene rings is 2. The molecule has 5 nitrogen and oxygen atoms in total. The Labute approximate surface area is 137 Å². The van der Waals surface area contributed by atoms with Crippen LogP contribution in [0.5, 0.6) is 0 Å². The maximum absolute atomic E-state index is 4.50. The van der Waals surface area contributed by atoms with E-state index in [4.69, 9.17) is 0 Å². The zero-order valence-corrected chi connectivity index (χ0v) is 13.5. The lowest BCUT2D eigenvalue weighted by molar-refractivity contribution is 0.932. The van der Waals surface area contributed by atoms with Gasteiger partial charge in [-0.3, -0.25) is 0 Å². The number of nitrogens with zero attached hydrogens (tertiary/aromatic N) is 4. The van der Waals surface area contributed by atoms with Crippen molar-refractivity contribution in [2.45, 2.75) is 0 Å². The summed E-state index contributed by atoms with van der Waals surface area (Å²) in [4.78, 5) is 6.39. The Bertz CT molecular complexity index is 763. The Kier molecular flexibility index (Phi) is 4.29. The molecule has 22 heavy (non-hydrogen) atoms. The van der Waals surface area contributed by atoms with Crippen molar-refractivity contribution in [1.82, 2.24) is 15.2 Å². The number of hydrogen-bond donors (Lipinski definition) is 1. The molecule has 0 bridgehead atoms. The molecule has 0 saturated carbocycles. The van der Waals surface area contributed by atoms with Crippen LogP contribution in [-0.4, -0.2) is 22.2 Å². The Morgan fingerprint density at radius 3 is 2.64 bits per heavy atom. The second-order valence-electron chi connectivity index (χ2n) is 4.67. The smallest absolute Gasteiger partial charge is 0.251 e. The van der Waals surface area contributed by atoms with Crippen LogP contribution in [0, 0.1) is 0 Å². The van der Waals surface area contributed by atoms with E-state index in [1.165, 1.54) is 0 Å². The lowest BCUT2D eigenvalue weighted by atomic mass is 10.3. The minimum Gasteiger partial charge on any atom is -0.339 e. The molecule has 0 aliphatic rings. The van der Waals surface area contributed by atoms with Gasteiger partial charge in [0.2, 0.25) is 0 Å². The van der Waals surface area contributed by atoms with E-state index in [1.54, 1.807) is 6.20 Å². The van der Waals surface area contributed by atoms with E-state index in [0.717, 1.165) is 15.8 Å². The molecule has 0 aliphatic carbocycles. The lowest BCUT2D eigenvalue weighted by Gasteiger charge is -2.17. The molecule has 0 atom stereocenters. The highest BCUT2D eigenvalue weighted by Crippen LogP contribution is 2.22. The van der Waals surface area contributed by atoms with Crippen molar-refractivity contribution in [2.75, 3.05) is 17.3 Å². The number of hydrogen-bond acceptors (Lipinski definition) is 5. The molecule has 1 heterocycles. The number of rotatable bonds is 4. The Morgan fingerprint density at radius 2 is 1.86 bits per heavy atom. The maximum atomic E-state index is 4.50. The van der Waals surface area contributed by atoms with Crippen molar-refractivity contribution in [3.8, 4) is 0 Å². The van der Waals surface area contributed by atoms with Gasteiger partial charge in [0.05, 0.1) is 6.20 Å². The Balaban J connectivity index is 1.83. The summed E-state index contributed by atoms with van der Waals surface area (Å²) in [5.74, 6) is 1.18. The van der Waals surface area contributed by atoms with Gasteiger partial charge in [0.1, 0.15) is 0 Å². The normalized spacial score (nSPS) is 10.3. The first kappa shape index (κ1) is 14.5.